The standard InChI is InChI=1S/C6H6O2S.C4H10/c1-2-8-6-4-9-3-5(6)7-1;1-3-4-2/h3-4H,1-2H2;3-4H2,1-2H3. The van der Waals surface area contributed by atoms with E-state index in [-0.39, 0.29) is 0 Å². The topological polar surface area (TPSA) is 18.5 Å². The molecule has 2 heterocycles. The lowest BCUT2D eigenvalue weighted by atomic mass is 10.4. The predicted molar refractivity (Wildman–Crippen MR) is 55.9 cm³/mol. The SMILES string of the molecule is CCCC.c1scc2c1OCCO2. The van der Waals surface area contributed by atoms with Gasteiger partial charge in [-0.05, 0) is 0 Å². The first-order valence-electron chi connectivity index (χ1n) is 4.70. The number of hydrogen-bond acceptors (Lipinski definition) is 3. The van der Waals surface area contributed by atoms with Gasteiger partial charge in [0.2, 0.25) is 0 Å². The van der Waals surface area contributed by atoms with E-state index in [1.165, 1.54) is 12.8 Å². The summed E-state index contributed by atoms with van der Waals surface area (Å²) in [5, 5.41) is 3.91. The van der Waals surface area contributed by atoms with E-state index in [0.717, 1.165) is 11.5 Å². The Morgan fingerprint density at radius 1 is 1.08 bits per heavy atom. The zero-order valence-corrected chi connectivity index (χ0v) is 9.02. The predicted octanol–water partition coefficient (Wildman–Crippen LogP) is 3.33. The van der Waals surface area contributed by atoms with Gasteiger partial charge in [-0.25, -0.2) is 0 Å². The van der Waals surface area contributed by atoms with Gasteiger partial charge in [0.1, 0.15) is 13.2 Å². The molecule has 0 saturated heterocycles. The third kappa shape index (κ3) is 3.27. The van der Waals surface area contributed by atoms with Crippen LogP contribution in [-0.2, 0) is 0 Å². The number of thiophene rings is 1. The van der Waals surface area contributed by atoms with Gasteiger partial charge in [0.25, 0.3) is 0 Å². The second-order valence-corrected chi connectivity index (χ2v) is 3.54. The quantitative estimate of drug-likeness (QED) is 0.692. The van der Waals surface area contributed by atoms with Crippen molar-refractivity contribution in [2.75, 3.05) is 13.2 Å². The second kappa shape index (κ2) is 5.86. The average molecular weight is 200 g/mol. The van der Waals surface area contributed by atoms with Crippen LogP contribution in [0, 0.1) is 0 Å². The number of rotatable bonds is 1. The Hall–Kier alpha value is -0.700. The van der Waals surface area contributed by atoms with Crippen LogP contribution in [0.1, 0.15) is 26.7 Å². The number of unbranched alkanes of at least 4 members (excludes halogenated alkanes) is 1. The van der Waals surface area contributed by atoms with E-state index >= 15 is 0 Å². The Labute approximate surface area is 83.5 Å². The molecule has 0 atom stereocenters. The lowest BCUT2D eigenvalue weighted by Gasteiger charge is -2.13. The van der Waals surface area contributed by atoms with Crippen LogP contribution < -0.4 is 9.47 Å². The Bertz CT molecular complexity index is 210. The van der Waals surface area contributed by atoms with Gasteiger partial charge < -0.3 is 9.47 Å². The molecule has 0 saturated carbocycles. The van der Waals surface area contributed by atoms with Crippen molar-refractivity contribution in [3.05, 3.63) is 10.8 Å². The first kappa shape index (κ1) is 10.4. The average Bonchev–Trinajstić information content (AvgIpc) is 2.66. The van der Waals surface area contributed by atoms with Crippen molar-refractivity contribution in [3.63, 3.8) is 0 Å². The molecule has 1 aliphatic heterocycles. The minimum Gasteiger partial charge on any atom is -0.485 e. The highest BCUT2D eigenvalue weighted by Gasteiger charge is 2.10. The van der Waals surface area contributed by atoms with Gasteiger partial charge in [-0.15, -0.1) is 11.3 Å². The van der Waals surface area contributed by atoms with E-state index in [1.54, 1.807) is 11.3 Å². The van der Waals surface area contributed by atoms with E-state index in [4.69, 9.17) is 9.47 Å². The van der Waals surface area contributed by atoms with Gasteiger partial charge in [-0.2, -0.15) is 0 Å². The number of ether oxygens (including phenoxy) is 2. The van der Waals surface area contributed by atoms with Crippen LogP contribution in [0.5, 0.6) is 11.5 Å². The summed E-state index contributed by atoms with van der Waals surface area (Å²) in [7, 11) is 0. The summed E-state index contributed by atoms with van der Waals surface area (Å²) < 4.78 is 10.5. The summed E-state index contributed by atoms with van der Waals surface area (Å²) in [5.41, 5.74) is 0. The van der Waals surface area contributed by atoms with Crippen molar-refractivity contribution in [2.45, 2.75) is 26.7 Å². The van der Waals surface area contributed by atoms with Gasteiger partial charge in [-0.1, -0.05) is 26.7 Å². The van der Waals surface area contributed by atoms with E-state index in [1.807, 2.05) is 10.8 Å². The highest BCUT2D eigenvalue weighted by molar-refractivity contribution is 7.08. The van der Waals surface area contributed by atoms with E-state index in [0.29, 0.717) is 13.2 Å². The Morgan fingerprint density at radius 2 is 1.54 bits per heavy atom. The van der Waals surface area contributed by atoms with Crippen LogP contribution >= 0.6 is 11.3 Å². The lowest BCUT2D eigenvalue weighted by Crippen LogP contribution is -2.13. The molecule has 1 aromatic heterocycles. The normalized spacial score (nSPS) is 13.1. The Balaban J connectivity index is 0.000000184. The van der Waals surface area contributed by atoms with Crippen molar-refractivity contribution in [1.29, 1.82) is 0 Å². The second-order valence-electron chi connectivity index (χ2n) is 2.80. The molecule has 13 heavy (non-hydrogen) atoms. The van der Waals surface area contributed by atoms with Gasteiger partial charge in [0.15, 0.2) is 11.5 Å². The Morgan fingerprint density at radius 3 is 1.92 bits per heavy atom. The van der Waals surface area contributed by atoms with Crippen molar-refractivity contribution in [2.24, 2.45) is 0 Å². The summed E-state index contributed by atoms with van der Waals surface area (Å²) in [4.78, 5) is 0. The zero-order chi connectivity index (χ0) is 9.52. The van der Waals surface area contributed by atoms with Gasteiger partial charge in [0.05, 0.1) is 0 Å². The van der Waals surface area contributed by atoms with Crippen LogP contribution in [0.4, 0.5) is 0 Å². The summed E-state index contributed by atoms with van der Waals surface area (Å²) >= 11 is 1.61. The first-order chi connectivity index (χ1) is 6.38. The maximum atomic E-state index is 5.25. The highest BCUT2D eigenvalue weighted by Crippen LogP contribution is 2.33. The monoisotopic (exact) mass is 200 g/mol. The number of fused-ring (bicyclic) bond motifs is 1. The van der Waals surface area contributed by atoms with E-state index in [9.17, 15) is 0 Å². The molecule has 2 rings (SSSR count). The first-order valence-corrected chi connectivity index (χ1v) is 5.64. The van der Waals surface area contributed by atoms with Crippen molar-refractivity contribution >= 4 is 11.3 Å². The molecule has 0 spiro atoms. The molecule has 0 aromatic carbocycles. The maximum Gasteiger partial charge on any atom is 0.172 e. The molecule has 0 N–H and O–H groups in total. The molecule has 0 bridgehead atoms. The smallest absolute Gasteiger partial charge is 0.172 e. The van der Waals surface area contributed by atoms with Crippen LogP contribution in [0.3, 0.4) is 0 Å². The molecule has 3 heteroatoms. The van der Waals surface area contributed by atoms with E-state index in [2.05, 4.69) is 13.8 Å². The molecule has 2 nitrogen and oxygen atoms in total. The molecule has 0 aliphatic carbocycles. The number of hydrogen-bond donors (Lipinski definition) is 0. The molecule has 0 fully saturated rings. The molecule has 1 aliphatic rings. The highest BCUT2D eigenvalue weighted by atomic mass is 32.1. The van der Waals surface area contributed by atoms with Gasteiger partial charge in [0, 0.05) is 10.8 Å². The van der Waals surface area contributed by atoms with Crippen molar-refractivity contribution in [3.8, 4) is 11.5 Å². The zero-order valence-electron chi connectivity index (χ0n) is 8.21. The molecule has 0 radical (unpaired) electrons. The van der Waals surface area contributed by atoms with Crippen LogP contribution in [0.2, 0.25) is 0 Å². The van der Waals surface area contributed by atoms with Gasteiger partial charge in [-0.3, -0.25) is 0 Å². The molecule has 74 valence electrons. The van der Waals surface area contributed by atoms with Crippen LogP contribution in [-0.4, -0.2) is 13.2 Å². The summed E-state index contributed by atoms with van der Waals surface area (Å²) in [6, 6.07) is 0. The molecule has 0 amide bonds. The fraction of sp³-hybridized carbons (Fsp3) is 0.600. The minimum absolute atomic E-state index is 0.684. The minimum atomic E-state index is 0.684. The Kier molecular flexibility index (Phi) is 4.68. The molecule has 1 aromatic rings. The third-order valence-electron chi connectivity index (χ3n) is 1.69. The third-order valence-corrected chi connectivity index (χ3v) is 2.39. The lowest BCUT2D eigenvalue weighted by molar-refractivity contribution is 0.173. The largest absolute Gasteiger partial charge is 0.485 e. The maximum absolute atomic E-state index is 5.25. The fourth-order valence-corrected chi connectivity index (χ4v) is 1.47. The van der Waals surface area contributed by atoms with Crippen LogP contribution in [0.15, 0.2) is 10.8 Å². The summed E-state index contributed by atoms with van der Waals surface area (Å²) in [6.45, 7) is 5.73. The fourth-order valence-electron chi connectivity index (χ4n) is 0.787. The summed E-state index contributed by atoms with van der Waals surface area (Å²) in [5.74, 6) is 1.79. The molecular weight excluding hydrogens is 184 g/mol. The van der Waals surface area contributed by atoms with Crippen molar-refractivity contribution in [1.82, 2.24) is 0 Å². The van der Waals surface area contributed by atoms with Crippen molar-refractivity contribution < 1.29 is 9.47 Å². The van der Waals surface area contributed by atoms with E-state index < -0.39 is 0 Å². The van der Waals surface area contributed by atoms with Gasteiger partial charge >= 0.3 is 0 Å². The molecule has 0 unspecified atom stereocenters. The molecular formula is C10H16O2S. The summed E-state index contributed by atoms with van der Waals surface area (Å²) in [6.07, 6.45) is 2.64. The van der Waals surface area contributed by atoms with Crippen LogP contribution in [0.25, 0.3) is 0 Å².